The molecule has 0 atom stereocenters. The second kappa shape index (κ2) is 7.75. The summed E-state index contributed by atoms with van der Waals surface area (Å²) >= 11 is 1.61. The molecule has 122 valence electrons. The van der Waals surface area contributed by atoms with E-state index in [0.717, 1.165) is 43.8 Å². The van der Waals surface area contributed by atoms with Gasteiger partial charge in [0.1, 0.15) is 0 Å². The van der Waals surface area contributed by atoms with Crippen molar-refractivity contribution in [2.75, 3.05) is 13.1 Å². The van der Waals surface area contributed by atoms with Crippen LogP contribution in [0.2, 0.25) is 0 Å². The van der Waals surface area contributed by atoms with Crippen molar-refractivity contribution in [2.45, 2.75) is 38.8 Å². The predicted molar refractivity (Wildman–Crippen MR) is 95.9 cm³/mol. The van der Waals surface area contributed by atoms with Crippen LogP contribution >= 0.6 is 11.3 Å². The van der Waals surface area contributed by atoms with E-state index in [0.29, 0.717) is 6.04 Å². The van der Waals surface area contributed by atoms with Crippen LogP contribution in [0.4, 0.5) is 0 Å². The molecule has 1 aliphatic heterocycles. The molecule has 3 nitrogen and oxygen atoms in total. The Balaban J connectivity index is 1.46. The highest BCUT2D eigenvalue weighted by Gasteiger charge is 2.21. The van der Waals surface area contributed by atoms with Crippen molar-refractivity contribution >= 4 is 17.2 Å². The van der Waals surface area contributed by atoms with Gasteiger partial charge in [-0.25, -0.2) is 0 Å². The van der Waals surface area contributed by atoms with Gasteiger partial charge in [0.15, 0.2) is 0 Å². The lowest BCUT2D eigenvalue weighted by molar-refractivity contribution is 0.0913. The van der Waals surface area contributed by atoms with Crippen molar-refractivity contribution in [2.24, 2.45) is 0 Å². The molecule has 1 saturated heterocycles. The molecule has 1 aromatic carbocycles. The zero-order valence-electron chi connectivity index (χ0n) is 13.6. The number of amides is 1. The van der Waals surface area contributed by atoms with Crippen LogP contribution in [0.15, 0.2) is 42.5 Å². The van der Waals surface area contributed by atoms with E-state index in [1.165, 1.54) is 10.4 Å². The summed E-state index contributed by atoms with van der Waals surface area (Å²) in [4.78, 5) is 16.9. The molecule has 2 heterocycles. The first kappa shape index (κ1) is 16.2. The molecule has 0 radical (unpaired) electrons. The summed E-state index contributed by atoms with van der Waals surface area (Å²) in [7, 11) is 0. The molecule has 1 aromatic heterocycles. The van der Waals surface area contributed by atoms with Crippen molar-refractivity contribution < 1.29 is 4.79 Å². The molecule has 1 amide bonds. The lowest BCUT2D eigenvalue weighted by atomic mass is 10.0. The molecule has 2 aromatic rings. The quantitative estimate of drug-likeness (QED) is 0.907. The van der Waals surface area contributed by atoms with Crippen LogP contribution in [0.1, 0.15) is 39.9 Å². The average molecular weight is 328 g/mol. The van der Waals surface area contributed by atoms with Crippen LogP contribution in [0.3, 0.4) is 0 Å². The monoisotopic (exact) mass is 328 g/mol. The number of hydrogen-bond donors (Lipinski definition) is 1. The Hall–Kier alpha value is -1.65. The molecule has 0 saturated carbocycles. The van der Waals surface area contributed by atoms with Gasteiger partial charge in [-0.3, -0.25) is 9.69 Å². The van der Waals surface area contributed by atoms with Gasteiger partial charge in [-0.05, 0) is 37.0 Å². The smallest absolute Gasteiger partial charge is 0.261 e. The van der Waals surface area contributed by atoms with Crippen molar-refractivity contribution in [3.63, 3.8) is 0 Å². The van der Waals surface area contributed by atoms with E-state index in [1.54, 1.807) is 11.3 Å². The second-order valence-corrected chi connectivity index (χ2v) is 7.30. The van der Waals surface area contributed by atoms with Crippen LogP contribution in [-0.2, 0) is 13.0 Å². The van der Waals surface area contributed by atoms with Gasteiger partial charge in [0.05, 0.1) is 4.88 Å². The van der Waals surface area contributed by atoms with Gasteiger partial charge in [0.25, 0.3) is 5.91 Å². The van der Waals surface area contributed by atoms with Crippen LogP contribution in [-0.4, -0.2) is 29.9 Å². The van der Waals surface area contributed by atoms with Gasteiger partial charge >= 0.3 is 0 Å². The fraction of sp³-hybridized carbons (Fsp3) is 0.421. The van der Waals surface area contributed by atoms with E-state index in [9.17, 15) is 4.79 Å². The third kappa shape index (κ3) is 4.43. The molecule has 1 aliphatic rings. The highest BCUT2D eigenvalue weighted by Crippen LogP contribution is 2.18. The molecule has 1 N–H and O–H groups in total. The van der Waals surface area contributed by atoms with Gasteiger partial charge < -0.3 is 5.32 Å². The van der Waals surface area contributed by atoms with Gasteiger partial charge in [-0.2, -0.15) is 0 Å². The van der Waals surface area contributed by atoms with Crippen molar-refractivity contribution in [1.29, 1.82) is 0 Å². The summed E-state index contributed by atoms with van der Waals surface area (Å²) in [5, 5.41) is 3.20. The molecule has 1 fully saturated rings. The minimum absolute atomic E-state index is 0.0937. The largest absolute Gasteiger partial charge is 0.349 e. The number of aryl methyl sites for hydroxylation is 1. The Morgan fingerprint density at radius 2 is 1.91 bits per heavy atom. The third-order valence-electron chi connectivity index (χ3n) is 4.41. The predicted octanol–water partition coefficient (Wildman–Crippen LogP) is 3.70. The highest BCUT2D eigenvalue weighted by atomic mass is 32.1. The number of hydrogen-bond acceptors (Lipinski definition) is 3. The van der Waals surface area contributed by atoms with Crippen molar-refractivity contribution in [1.82, 2.24) is 10.2 Å². The number of piperidine rings is 1. The van der Waals surface area contributed by atoms with E-state index >= 15 is 0 Å². The maximum Gasteiger partial charge on any atom is 0.261 e. The Bertz CT molecular complexity index is 630. The number of carbonyl (C=O) groups is 1. The first-order chi connectivity index (χ1) is 11.2. The Morgan fingerprint density at radius 1 is 1.17 bits per heavy atom. The molecule has 0 aliphatic carbocycles. The Kier molecular flexibility index (Phi) is 5.47. The van der Waals surface area contributed by atoms with Crippen LogP contribution in [0, 0.1) is 0 Å². The number of benzene rings is 1. The second-order valence-electron chi connectivity index (χ2n) is 6.13. The first-order valence-corrected chi connectivity index (χ1v) is 9.22. The minimum Gasteiger partial charge on any atom is -0.349 e. The summed E-state index contributed by atoms with van der Waals surface area (Å²) in [6.07, 6.45) is 3.06. The SMILES string of the molecule is CCc1ccc(C(=O)NC2CCN(Cc3ccccc3)CC2)s1. The van der Waals surface area contributed by atoms with E-state index in [2.05, 4.69) is 53.5 Å². The topological polar surface area (TPSA) is 32.3 Å². The molecular formula is C19H24N2OS. The van der Waals surface area contributed by atoms with E-state index in [-0.39, 0.29) is 5.91 Å². The van der Waals surface area contributed by atoms with Crippen LogP contribution < -0.4 is 5.32 Å². The number of carbonyl (C=O) groups excluding carboxylic acids is 1. The molecule has 0 spiro atoms. The third-order valence-corrected chi connectivity index (χ3v) is 5.63. The standard InChI is InChI=1S/C19H24N2OS/c1-2-17-8-9-18(23-17)19(22)20-16-10-12-21(13-11-16)14-15-6-4-3-5-7-15/h3-9,16H,2,10-14H2,1H3,(H,20,22). The summed E-state index contributed by atoms with van der Waals surface area (Å²) in [5.74, 6) is 0.0937. The summed E-state index contributed by atoms with van der Waals surface area (Å²) in [6, 6.07) is 14.9. The number of nitrogens with zero attached hydrogens (tertiary/aromatic N) is 1. The highest BCUT2D eigenvalue weighted by molar-refractivity contribution is 7.14. The molecular weight excluding hydrogens is 304 g/mol. The molecule has 4 heteroatoms. The number of rotatable bonds is 5. The van der Waals surface area contributed by atoms with Gasteiger partial charge in [-0.15, -0.1) is 11.3 Å². The molecule has 23 heavy (non-hydrogen) atoms. The summed E-state index contributed by atoms with van der Waals surface area (Å²) < 4.78 is 0. The van der Waals surface area contributed by atoms with Crippen molar-refractivity contribution in [3.05, 3.63) is 57.8 Å². The van der Waals surface area contributed by atoms with Gasteiger partial charge in [0, 0.05) is 30.6 Å². The number of nitrogens with one attached hydrogen (secondary N) is 1. The number of thiophene rings is 1. The lowest BCUT2D eigenvalue weighted by Gasteiger charge is -2.32. The van der Waals surface area contributed by atoms with Crippen LogP contribution in [0.25, 0.3) is 0 Å². The maximum atomic E-state index is 12.3. The Labute approximate surface area is 142 Å². The zero-order valence-corrected chi connectivity index (χ0v) is 14.4. The fourth-order valence-electron chi connectivity index (χ4n) is 3.02. The minimum atomic E-state index is 0.0937. The van der Waals surface area contributed by atoms with Gasteiger partial charge in [-0.1, -0.05) is 37.3 Å². The lowest BCUT2D eigenvalue weighted by Crippen LogP contribution is -2.44. The van der Waals surface area contributed by atoms with E-state index in [1.807, 2.05) is 6.07 Å². The average Bonchev–Trinajstić information content (AvgIpc) is 3.07. The first-order valence-electron chi connectivity index (χ1n) is 8.40. The van der Waals surface area contributed by atoms with Crippen molar-refractivity contribution in [3.8, 4) is 0 Å². The molecule has 0 unspecified atom stereocenters. The van der Waals surface area contributed by atoms with Crippen LogP contribution in [0.5, 0.6) is 0 Å². The summed E-state index contributed by atoms with van der Waals surface area (Å²) in [5.41, 5.74) is 1.36. The van der Waals surface area contributed by atoms with Gasteiger partial charge in [0.2, 0.25) is 0 Å². The summed E-state index contributed by atoms with van der Waals surface area (Å²) in [6.45, 7) is 5.22. The maximum absolute atomic E-state index is 12.3. The Morgan fingerprint density at radius 3 is 2.57 bits per heavy atom. The molecule has 0 bridgehead atoms. The van der Waals surface area contributed by atoms with E-state index < -0.39 is 0 Å². The molecule has 3 rings (SSSR count). The zero-order chi connectivity index (χ0) is 16.1. The normalized spacial score (nSPS) is 16.4. The fourth-order valence-corrected chi connectivity index (χ4v) is 3.87. The number of likely N-dealkylation sites (tertiary alicyclic amines) is 1. The van der Waals surface area contributed by atoms with E-state index in [4.69, 9.17) is 0 Å².